The maximum Gasteiger partial charge on any atom is 0.124 e. The number of aromatic nitrogens is 1. The summed E-state index contributed by atoms with van der Waals surface area (Å²) in [6.45, 7) is 0. The normalized spacial score (nSPS) is 11.1. The summed E-state index contributed by atoms with van der Waals surface area (Å²) in [5, 5.41) is 2.93. The van der Waals surface area contributed by atoms with E-state index in [1.54, 1.807) is 17.4 Å². The first-order chi connectivity index (χ1) is 9.17. The highest BCUT2D eigenvalue weighted by atomic mass is 79.9. The summed E-state index contributed by atoms with van der Waals surface area (Å²) in [7, 11) is 0. The molecule has 0 spiro atoms. The van der Waals surface area contributed by atoms with Crippen LogP contribution in [0.1, 0.15) is 5.56 Å². The van der Waals surface area contributed by atoms with Crippen LogP contribution in [-0.4, -0.2) is 4.98 Å². The predicted octanol–water partition coefficient (Wildman–Crippen LogP) is 6.17. The smallest absolute Gasteiger partial charge is 0.124 e. The molecule has 5 heteroatoms. The molecule has 2 aromatic carbocycles. The van der Waals surface area contributed by atoms with Crippen LogP contribution >= 0.6 is 50.5 Å². The van der Waals surface area contributed by atoms with Crippen molar-refractivity contribution in [1.82, 2.24) is 4.98 Å². The van der Waals surface area contributed by atoms with Crippen molar-refractivity contribution >= 4 is 60.7 Å². The van der Waals surface area contributed by atoms with Gasteiger partial charge in [-0.3, -0.25) is 0 Å². The Bertz CT molecular complexity index is 754. The van der Waals surface area contributed by atoms with Crippen LogP contribution in [0.3, 0.4) is 0 Å². The molecule has 0 fully saturated rings. The zero-order valence-corrected chi connectivity index (χ0v) is 13.6. The van der Waals surface area contributed by atoms with Gasteiger partial charge in [-0.2, -0.15) is 0 Å². The Labute approximate surface area is 133 Å². The van der Waals surface area contributed by atoms with Gasteiger partial charge < -0.3 is 0 Å². The van der Waals surface area contributed by atoms with Crippen molar-refractivity contribution in [3.63, 3.8) is 0 Å². The summed E-state index contributed by atoms with van der Waals surface area (Å²) in [6.07, 6.45) is 0. The minimum atomic E-state index is 0.555. The molecule has 0 atom stereocenters. The van der Waals surface area contributed by atoms with Crippen LogP contribution in [-0.2, 0) is 5.33 Å². The molecule has 0 aliphatic rings. The van der Waals surface area contributed by atoms with E-state index in [4.69, 9.17) is 23.2 Å². The third-order valence-corrected chi connectivity index (χ3v) is 5.23. The molecule has 0 saturated carbocycles. The lowest BCUT2D eigenvalue weighted by molar-refractivity contribution is 1.44. The average Bonchev–Trinajstić information content (AvgIpc) is 2.84. The fraction of sp³-hybridized carbons (Fsp3) is 0.0714. The monoisotopic (exact) mass is 371 g/mol. The number of benzene rings is 2. The predicted molar refractivity (Wildman–Crippen MR) is 87.7 cm³/mol. The van der Waals surface area contributed by atoms with E-state index in [1.807, 2.05) is 18.2 Å². The summed E-state index contributed by atoms with van der Waals surface area (Å²) in [5.41, 5.74) is 3.25. The Morgan fingerprint density at radius 3 is 2.63 bits per heavy atom. The molecule has 1 heterocycles. The van der Waals surface area contributed by atoms with Gasteiger partial charge in [-0.25, -0.2) is 4.98 Å². The fourth-order valence-corrected chi connectivity index (χ4v) is 3.48. The van der Waals surface area contributed by atoms with Gasteiger partial charge in [0.05, 0.1) is 20.3 Å². The van der Waals surface area contributed by atoms with Gasteiger partial charge in [-0.1, -0.05) is 51.3 Å². The lowest BCUT2D eigenvalue weighted by atomic mass is 10.2. The summed E-state index contributed by atoms with van der Waals surface area (Å²) >= 11 is 17.1. The zero-order chi connectivity index (χ0) is 13.4. The van der Waals surface area contributed by atoms with Crippen LogP contribution in [0.2, 0.25) is 10.0 Å². The molecule has 3 rings (SSSR count). The molecular formula is C14H8BrCl2NS. The Morgan fingerprint density at radius 1 is 1.05 bits per heavy atom. The van der Waals surface area contributed by atoms with E-state index in [-0.39, 0.29) is 0 Å². The number of nitrogens with zero attached hydrogens (tertiary/aromatic N) is 1. The topological polar surface area (TPSA) is 12.9 Å². The number of hydrogen-bond acceptors (Lipinski definition) is 2. The molecule has 1 aromatic heterocycles. The standard InChI is InChI=1S/C14H8BrCl2NS/c15-7-8-1-4-12-13(5-8)19-14(18-12)9-2-3-10(16)11(17)6-9/h1-6H,7H2. The number of rotatable bonds is 2. The average molecular weight is 373 g/mol. The van der Waals surface area contributed by atoms with Crippen LogP contribution < -0.4 is 0 Å². The molecular weight excluding hydrogens is 365 g/mol. The summed E-state index contributed by atoms with van der Waals surface area (Å²) < 4.78 is 1.18. The van der Waals surface area contributed by atoms with E-state index >= 15 is 0 Å². The summed E-state index contributed by atoms with van der Waals surface area (Å²) in [5.74, 6) is 0. The zero-order valence-electron chi connectivity index (χ0n) is 9.66. The summed E-state index contributed by atoms with van der Waals surface area (Å²) in [4.78, 5) is 4.63. The highest BCUT2D eigenvalue weighted by Gasteiger charge is 2.08. The van der Waals surface area contributed by atoms with Gasteiger partial charge in [0.25, 0.3) is 0 Å². The molecule has 0 amide bonds. The van der Waals surface area contributed by atoms with Gasteiger partial charge in [0.2, 0.25) is 0 Å². The van der Waals surface area contributed by atoms with Crippen molar-refractivity contribution < 1.29 is 0 Å². The van der Waals surface area contributed by atoms with Crippen molar-refractivity contribution in [2.24, 2.45) is 0 Å². The Kier molecular flexibility index (Phi) is 3.81. The molecule has 19 heavy (non-hydrogen) atoms. The van der Waals surface area contributed by atoms with Crippen LogP contribution in [0.25, 0.3) is 20.8 Å². The molecule has 3 aromatic rings. The Morgan fingerprint density at radius 2 is 1.89 bits per heavy atom. The first kappa shape index (κ1) is 13.4. The van der Waals surface area contributed by atoms with Gasteiger partial charge in [0, 0.05) is 10.9 Å². The largest absolute Gasteiger partial charge is 0.236 e. The second-order valence-electron chi connectivity index (χ2n) is 4.08. The van der Waals surface area contributed by atoms with Crippen molar-refractivity contribution in [1.29, 1.82) is 0 Å². The third kappa shape index (κ3) is 2.65. The van der Waals surface area contributed by atoms with E-state index in [0.717, 1.165) is 21.4 Å². The molecule has 0 radical (unpaired) electrons. The first-order valence-corrected chi connectivity index (χ1v) is 8.27. The maximum absolute atomic E-state index is 6.05. The molecule has 0 bridgehead atoms. The number of thiazole rings is 1. The van der Waals surface area contributed by atoms with Crippen molar-refractivity contribution in [2.45, 2.75) is 5.33 Å². The maximum atomic E-state index is 6.05. The molecule has 0 saturated heterocycles. The van der Waals surface area contributed by atoms with Crippen molar-refractivity contribution in [3.05, 3.63) is 52.0 Å². The lowest BCUT2D eigenvalue weighted by Gasteiger charge is -1.98. The third-order valence-electron chi connectivity index (χ3n) is 2.77. The van der Waals surface area contributed by atoms with E-state index in [0.29, 0.717) is 10.0 Å². The van der Waals surface area contributed by atoms with Gasteiger partial charge in [0.15, 0.2) is 0 Å². The number of alkyl halides is 1. The summed E-state index contributed by atoms with van der Waals surface area (Å²) in [6, 6.07) is 11.9. The lowest BCUT2D eigenvalue weighted by Crippen LogP contribution is -1.77. The van der Waals surface area contributed by atoms with E-state index in [2.05, 4.69) is 33.0 Å². The molecule has 0 aliphatic heterocycles. The highest BCUT2D eigenvalue weighted by molar-refractivity contribution is 9.08. The molecule has 1 nitrogen and oxygen atoms in total. The Balaban J connectivity index is 2.11. The number of fused-ring (bicyclic) bond motifs is 1. The van der Waals surface area contributed by atoms with E-state index in [9.17, 15) is 0 Å². The van der Waals surface area contributed by atoms with Gasteiger partial charge in [0.1, 0.15) is 5.01 Å². The molecule has 0 unspecified atom stereocenters. The quantitative estimate of drug-likeness (QED) is 0.490. The fourth-order valence-electron chi connectivity index (χ4n) is 1.80. The molecule has 0 N–H and O–H groups in total. The first-order valence-electron chi connectivity index (χ1n) is 5.58. The van der Waals surface area contributed by atoms with Gasteiger partial charge >= 0.3 is 0 Å². The Hall–Kier alpha value is -0.610. The number of hydrogen-bond donors (Lipinski definition) is 0. The van der Waals surface area contributed by atoms with Gasteiger partial charge in [-0.05, 0) is 29.8 Å². The van der Waals surface area contributed by atoms with Crippen LogP contribution in [0.15, 0.2) is 36.4 Å². The second-order valence-corrected chi connectivity index (χ2v) is 6.49. The number of halogens is 3. The van der Waals surface area contributed by atoms with E-state index < -0.39 is 0 Å². The molecule has 0 aliphatic carbocycles. The van der Waals surface area contributed by atoms with Gasteiger partial charge in [-0.15, -0.1) is 11.3 Å². The van der Waals surface area contributed by atoms with Crippen LogP contribution in [0, 0.1) is 0 Å². The minimum absolute atomic E-state index is 0.555. The van der Waals surface area contributed by atoms with Crippen LogP contribution in [0.4, 0.5) is 0 Å². The van der Waals surface area contributed by atoms with Crippen molar-refractivity contribution in [2.75, 3.05) is 0 Å². The van der Waals surface area contributed by atoms with Crippen molar-refractivity contribution in [3.8, 4) is 10.6 Å². The SMILES string of the molecule is Clc1ccc(-c2nc3ccc(CBr)cc3s2)cc1Cl. The molecule has 96 valence electrons. The van der Waals surface area contributed by atoms with Crippen LogP contribution in [0.5, 0.6) is 0 Å². The van der Waals surface area contributed by atoms with E-state index in [1.165, 1.54) is 10.3 Å². The second kappa shape index (κ2) is 5.41. The highest BCUT2D eigenvalue weighted by Crippen LogP contribution is 2.34. The minimum Gasteiger partial charge on any atom is -0.236 e.